The molecule has 9 heteroatoms. The van der Waals surface area contributed by atoms with Crippen molar-refractivity contribution in [1.82, 2.24) is 10.3 Å². The molecule has 1 amide bonds. The number of anilines is 1. The lowest BCUT2D eigenvalue weighted by Crippen LogP contribution is -2.32. The van der Waals surface area contributed by atoms with Gasteiger partial charge in [-0.25, -0.2) is 4.98 Å². The van der Waals surface area contributed by atoms with Crippen molar-refractivity contribution in [3.05, 3.63) is 58.3 Å². The summed E-state index contributed by atoms with van der Waals surface area (Å²) in [6.45, 7) is 0.307. The van der Waals surface area contributed by atoms with E-state index in [0.717, 1.165) is 6.07 Å². The van der Waals surface area contributed by atoms with Crippen molar-refractivity contribution in [3.8, 4) is 5.75 Å². The van der Waals surface area contributed by atoms with Gasteiger partial charge in [-0.2, -0.15) is 13.2 Å². The Hall–Kier alpha value is -2.74. The van der Waals surface area contributed by atoms with Gasteiger partial charge < -0.3 is 15.4 Å². The van der Waals surface area contributed by atoms with E-state index < -0.39 is 11.7 Å². The minimum absolute atomic E-state index is 0.0857. The summed E-state index contributed by atoms with van der Waals surface area (Å²) in [5, 5.41) is 5.75. The summed E-state index contributed by atoms with van der Waals surface area (Å²) in [6, 6.07) is 7.26. The van der Waals surface area contributed by atoms with Crippen LogP contribution >= 0.6 is 11.6 Å². The third-order valence-electron chi connectivity index (χ3n) is 3.79. The second kappa shape index (κ2) is 7.87. The van der Waals surface area contributed by atoms with E-state index in [9.17, 15) is 18.0 Å². The molecule has 1 aromatic carbocycles. The predicted octanol–water partition coefficient (Wildman–Crippen LogP) is 3.76. The third kappa shape index (κ3) is 4.71. The first-order valence-electron chi connectivity index (χ1n) is 8.02. The maximum Gasteiger partial charge on any atom is 0.419 e. The molecule has 0 bridgehead atoms. The topological polar surface area (TPSA) is 63.2 Å². The highest BCUT2D eigenvalue weighted by atomic mass is 35.5. The van der Waals surface area contributed by atoms with Gasteiger partial charge in [-0.15, -0.1) is 0 Å². The maximum absolute atomic E-state index is 12.9. The molecule has 142 valence electrons. The van der Waals surface area contributed by atoms with Gasteiger partial charge in [0, 0.05) is 29.9 Å². The number of alkyl halides is 3. The van der Waals surface area contributed by atoms with Crippen LogP contribution < -0.4 is 15.4 Å². The lowest BCUT2D eigenvalue weighted by atomic mass is 10.1. The number of fused-ring (bicyclic) bond motifs is 1. The zero-order valence-electron chi connectivity index (χ0n) is 13.9. The molecular formula is C18H15ClF3N3O2. The first-order valence-corrected chi connectivity index (χ1v) is 8.39. The average Bonchev–Trinajstić information content (AvgIpc) is 2.64. The van der Waals surface area contributed by atoms with E-state index >= 15 is 0 Å². The van der Waals surface area contributed by atoms with Crippen molar-refractivity contribution in [2.45, 2.75) is 6.18 Å². The van der Waals surface area contributed by atoms with E-state index in [1.54, 1.807) is 24.3 Å². The number of hydrogen-bond donors (Lipinski definition) is 2. The fourth-order valence-corrected chi connectivity index (χ4v) is 2.71. The normalized spacial score (nSPS) is 13.3. The summed E-state index contributed by atoms with van der Waals surface area (Å²) in [5.74, 6) is -0.00465. The summed E-state index contributed by atoms with van der Waals surface area (Å²) in [4.78, 5) is 15.9. The van der Waals surface area contributed by atoms with Crippen molar-refractivity contribution in [2.75, 3.05) is 25.0 Å². The van der Waals surface area contributed by atoms with Crippen molar-refractivity contribution < 1.29 is 22.7 Å². The fraction of sp³-hybridized carbons (Fsp3) is 0.222. The van der Waals surface area contributed by atoms with Crippen LogP contribution in [-0.4, -0.2) is 30.6 Å². The zero-order valence-corrected chi connectivity index (χ0v) is 14.7. The molecule has 0 unspecified atom stereocenters. The molecule has 0 spiro atoms. The number of halogens is 4. The average molecular weight is 398 g/mol. The zero-order chi connectivity index (χ0) is 19.4. The van der Waals surface area contributed by atoms with E-state index in [1.165, 1.54) is 12.3 Å². The number of aromatic nitrogens is 1. The molecule has 0 aliphatic carbocycles. The smallest absolute Gasteiger partial charge is 0.419 e. The molecule has 0 saturated heterocycles. The molecule has 5 nitrogen and oxygen atoms in total. The van der Waals surface area contributed by atoms with E-state index in [4.69, 9.17) is 16.3 Å². The first-order chi connectivity index (χ1) is 12.8. The van der Waals surface area contributed by atoms with Crippen LogP contribution in [0.15, 0.2) is 42.1 Å². The van der Waals surface area contributed by atoms with Crippen LogP contribution in [0.25, 0.3) is 6.08 Å². The third-order valence-corrected chi connectivity index (χ3v) is 4.03. The van der Waals surface area contributed by atoms with Crippen LogP contribution in [0.3, 0.4) is 0 Å². The van der Waals surface area contributed by atoms with Crippen LogP contribution in [0.5, 0.6) is 5.75 Å². The van der Waals surface area contributed by atoms with Gasteiger partial charge in [-0.1, -0.05) is 11.6 Å². The molecule has 0 fully saturated rings. The maximum atomic E-state index is 12.9. The van der Waals surface area contributed by atoms with Crippen molar-refractivity contribution in [1.29, 1.82) is 0 Å². The highest BCUT2D eigenvalue weighted by molar-refractivity contribution is 6.30. The molecule has 27 heavy (non-hydrogen) atoms. The van der Waals surface area contributed by atoms with Gasteiger partial charge in [-0.3, -0.25) is 4.79 Å². The first kappa shape index (κ1) is 19.0. The quantitative estimate of drug-likeness (QED) is 0.754. The molecule has 0 atom stereocenters. The second-order valence-corrected chi connectivity index (χ2v) is 6.16. The minimum atomic E-state index is -4.50. The summed E-state index contributed by atoms with van der Waals surface area (Å²) in [7, 11) is 0. The van der Waals surface area contributed by atoms with Crippen LogP contribution in [0, 0.1) is 0 Å². The van der Waals surface area contributed by atoms with Gasteiger partial charge in [0.25, 0.3) is 5.91 Å². The molecular weight excluding hydrogens is 383 g/mol. The van der Waals surface area contributed by atoms with Gasteiger partial charge in [0.2, 0.25) is 0 Å². The predicted molar refractivity (Wildman–Crippen MR) is 95.7 cm³/mol. The molecule has 2 heterocycles. The fourth-order valence-electron chi connectivity index (χ4n) is 2.52. The Labute approximate surface area is 158 Å². The number of carbonyl (C=O) groups is 1. The Bertz CT molecular complexity index is 884. The molecule has 3 rings (SSSR count). The summed E-state index contributed by atoms with van der Waals surface area (Å²) in [5.41, 5.74) is 0.243. The van der Waals surface area contributed by atoms with Crippen molar-refractivity contribution >= 4 is 29.4 Å². The molecule has 2 N–H and O–H groups in total. The van der Waals surface area contributed by atoms with E-state index in [2.05, 4.69) is 15.6 Å². The second-order valence-electron chi connectivity index (χ2n) is 5.72. The number of nitrogens with zero attached hydrogens (tertiary/aromatic N) is 1. The number of nitrogens with one attached hydrogen (secondary N) is 2. The molecule has 0 radical (unpaired) electrons. The Morgan fingerprint density at radius 3 is 2.85 bits per heavy atom. The number of ether oxygens (including phenoxy) is 1. The van der Waals surface area contributed by atoms with Gasteiger partial charge in [0.05, 0.1) is 11.1 Å². The van der Waals surface area contributed by atoms with Gasteiger partial charge in [0.15, 0.2) is 0 Å². The Morgan fingerprint density at radius 2 is 2.07 bits per heavy atom. The highest BCUT2D eigenvalue weighted by Crippen LogP contribution is 2.33. The molecule has 0 saturated carbocycles. The van der Waals surface area contributed by atoms with Crippen LogP contribution in [-0.2, 0) is 11.0 Å². The van der Waals surface area contributed by atoms with Crippen LogP contribution in [0.4, 0.5) is 19.0 Å². The number of benzene rings is 1. The Balaban J connectivity index is 1.55. The van der Waals surface area contributed by atoms with Crippen molar-refractivity contribution in [3.63, 3.8) is 0 Å². The van der Waals surface area contributed by atoms with Gasteiger partial charge in [-0.05, 0) is 36.4 Å². The van der Waals surface area contributed by atoms with Gasteiger partial charge >= 0.3 is 6.18 Å². The molecule has 1 aromatic heterocycles. The standard InChI is InChI=1S/C18H15ClF3N3O2/c19-13-3-4-15-11(9-13)8-12(10-27-15)17(26)25-7-6-24-16-14(18(20,21)22)2-1-5-23-16/h1-5,8-9H,6-7,10H2,(H,23,24)(H,25,26). The summed E-state index contributed by atoms with van der Waals surface area (Å²) in [6.07, 6.45) is -1.56. The minimum Gasteiger partial charge on any atom is -0.488 e. The lowest BCUT2D eigenvalue weighted by molar-refractivity contribution is -0.137. The van der Waals surface area contributed by atoms with E-state index in [1.807, 2.05) is 0 Å². The lowest BCUT2D eigenvalue weighted by Gasteiger charge is -2.18. The largest absolute Gasteiger partial charge is 0.488 e. The number of hydrogen-bond acceptors (Lipinski definition) is 4. The molecule has 1 aliphatic rings. The van der Waals surface area contributed by atoms with Crippen molar-refractivity contribution in [2.24, 2.45) is 0 Å². The monoisotopic (exact) mass is 397 g/mol. The highest BCUT2D eigenvalue weighted by Gasteiger charge is 2.33. The van der Waals surface area contributed by atoms with Crippen LogP contribution in [0.2, 0.25) is 5.02 Å². The summed E-state index contributed by atoms with van der Waals surface area (Å²) >= 11 is 5.93. The Kier molecular flexibility index (Phi) is 5.55. The van der Waals surface area contributed by atoms with E-state index in [0.29, 0.717) is 21.9 Å². The molecule has 1 aliphatic heterocycles. The van der Waals surface area contributed by atoms with E-state index in [-0.39, 0.29) is 31.4 Å². The number of carbonyl (C=O) groups excluding carboxylic acids is 1. The summed E-state index contributed by atoms with van der Waals surface area (Å²) < 4.78 is 44.2. The number of amides is 1. The van der Waals surface area contributed by atoms with Gasteiger partial charge in [0.1, 0.15) is 18.2 Å². The Morgan fingerprint density at radius 1 is 1.26 bits per heavy atom. The van der Waals surface area contributed by atoms with Crippen LogP contribution in [0.1, 0.15) is 11.1 Å². The molecule has 2 aromatic rings. The number of rotatable bonds is 5. The number of pyridine rings is 1. The SMILES string of the molecule is O=C(NCCNc1ncccc1C(F)(F)F)C1=Cc2cc(Cl)ccc2OC1.